The highest BCUT2D eigenvalue weighted by Gasteiger charge is 2.35. The first-order valence-electron chi connectivity index (χ1n) is 26.6. The number of rotatable bonds is 16. The first kappa shape index (κ1) is 59.1. The fourth-order valence-electron chi connectivity index (χ4n) is 9.19. The topological polar surface area (TPSA) is 246 Å². The Kier molecular flexibility index (Phi) is 21.2. The minimum atomic E-state index is -2.48. The molecular formula is C58H72F2N12O7. The van der Waals surface area contributed by atoms with Crippen molar-refractivity contribution >= 4 is 35.2 Å². The second kappa shape index (κ2) is 28.3. The number of nitrogens with zero attached hydrogens (tertiary/aromatic N) is 10. The molecule has 6 aromatic rings. The van der Waals surface area contributed by atoms with Gasteiger partial charge in [-0.3, -0.25) is 14.4 Å². The van der Waals surface area contributed by atoms with Crippen LogP contribution in [0.3, 0.4) is 0 Å². The lowest BCUT2D eigenvalue weighted by atomic mass is 10.00. The number of benzene rings is 3. The van der Waals surface area contributed by atoms with Gasteiger partial charge in [-0.05, 0) is 85.0 Å². The number of carbonyl (C=O) groups excluding carboxylic acids is 3. The number of amides is 3. The van der Waals surface area contributed by atoms with E-state index in [0.29, 0.717) is 64.0 Å². The molecule has 3 aromatic heterocycles. The van der Waals surface area contributed by atoms with E-state index in [1.165, 1.54) is 12.1 Å². The van der Waals surface area contributed by atoms with Crippen LogP contribution in [0.2, 0.25) is 0 Å². The van der Waals surface area contributed by atoms with Crippen LogP contribution in [0.4, 0.5) is 26.2 Å². The normalized spacial score (nSPS) is 18.7. The predicted molar refractivity (Wildman–Crippen MR) is 296 cm³/mol. The Morgan fingerprint density at radius 3 is 1.19 bits per heavy atom. The first-order chi connectivity index (χ1) is 37.9. The van der Waals surface area contributed by atoms with Gasteiger partial charge in [0.05, 0.1) is 60.6 Å². The number of aromatic nitrogens is 6. The molecule has 3 aromatic carbocycles. The molecular weight excluding hydrogens is 1010 g/mol. The summed E-state index contributed by atoms with van der Waals surface area (Å²) >= 11 is 0. The number of β-amino-alcohol motifs (C(OH)–C–C–N with tert-alkyl or cyclic N) is 2. The van der Waals surface area contributed by atoms with Crippen LogP contribution < -0.4 is 25.3 Å². The van der Waals surface area contributed by atoms with Crippen LogP contribution in [0.15, 0.2) is 109 Å². The molecule has 3 fully saturated rings. The molecule has 0 radical (unpaired) electrons. The highest BCUT2D eigenvalue weighted by atomic mass is 19.3. The lowest BCUT2D eigenvalue weighted by molar-refractivity contribution is -0.130. The number of hydrogen-bond acceptors (Lipinski definition) is 16. The SMILES string of the molecule is Cc1ccc(N2CCN(C(=O)Cc3ccc(C(F)F)cc3)CC2)nn1.Cc1ccc(N2C[C@@H](O)[C@@H](NC(=O)Cc3ccc(C(C)CO)cc3)C2)nn1.Cc1ccc(N2C[C@H](NC(=O)Cc3ccc(C(C)CO)cc3)[C@@H](O)C2)nn1. The number of aliphatic hydroxyl groups is 4. The maximum Gasteiger partial charge on any atom is 0.263 e. The molecule has 420 valence electrons. The zero-order valence-corrected chi connectivity index (χ0v) is 45.4. The lowest BCUT2D eigenvalue weighted by Crippen LogP contribution is -2.49. The summed E-state index contributed by atoms with van der Waals surface area (Å²) in [4.78, 5) is 44.9. The monoisotopic (exact) mass is 1090 g/mol. The largest absolute Gasteiger partial charge is 0.396 e. The van der Waals surface area contributed by atoms with Gasteiger partial charge in [0.25, 0.3) is 6.43 Å². The molecule has 0 aliphatic carbocycles. The van der Waals surface area contributed by atoms with Gasteiger partial charge in [0.2, 0.25) is 17.7 Å². The van der Waals surface area contributed by atoms with E-state index < -0.39 is 18.6 Å². The molecule has 0 spiro atoms. The minimum Gasteiger partial charge on any atom is -0.396 e. The Morgan fingerprint density at radius 1 is 0.494 bits per heavy atom. The van der Waals surface area contributed by atoms with Crippen molar-refractivity contribution in [2.24, 2.45) is 0 Å². The van der Waals surface area contributed by atoms with Gasteiger partial charge in [-0.1, -0.05) is 86.6 Å². The fraction of sp³-hybridized carbons (Fsp3) is 0.431. The van der Waals surface area contributed by atoms with E-state index in [0.717, 1.165) is 50.7 Å². The fourth-order valence-corrected chi connectivity index (χ4v) is 9.19. The Morgan fingerprint density at radius 2 is 0.848 bits per heavy atom. The van der Waals surface area contributed by atoms with E-state index in [1.807, 2.05) is 129 Å². The molecule has 3 aliphatic heterocycles. The third-order valence-electron chi connectivity index (χ3n) is 14.2. The van der Waals surface area contributed by atoms with Gasteiger partial charge in [0.15, 0.2) is 17.5 Å². The number of piperazine rings is 1. The Hall–Kier alpha value is -7.59. The summed E-state index contributed by atoms with van der Waals surface area (Å²) in [6.45, 7) is 14.2. The summed E-state index contributed by atoms with van der Waals surface area (Å²) in [7, 11) is 0. The third kappa shape index (κ3) is 17.2. The van der Waals surface area contributed by atoms with E-state index in [-0.39, 0.29) is 79.7 Å². The third-order valence-corrected chi connectivity index (χ3v) is 14.2. The van der Waals surface area contributed by atoms with Crippen LogP contribution >= 0.6 is 0 Å². The van der Waals surface area contributed by atoms with E-state index in [9.17, 15) is 43.6 Å². The van der Waals surface area contributed by atoms with Crippen molar-refractivity contribution in [1.82, 2.24) is 46.1 Å². The molecule has 19 nitrogen and oxygen atoms in total. The van der Waals surface area contributed by atoms with Gasteiger partial charge in [-0.15, -0.1) is 15.3 Å². The van der Waals surface area contributed by atoms with Crippen molar-refractivity contribution in [3.63, 3.8) is 0 Å². The molecule has 3 amide bonds. The molecule has 0 bridgehead atoms. The molecule has 2 unspecified atom stereocenters. The number of carbonyl (C=O) groups is 3. The van der Waals surface area contributed by atoms with Gasteiger partial charge in [0, 0.05) is 83.0 Å². The molecule has 6 N–H and O–H groups in total. The maximum absolute atomic E-state index is 12.6. The molecule has 21 heteroatoms. The van der Waals surface area contributed by atoms with Crippen molar-refractivity contribution in [2.45, 2.75) is 96.4 Å². The minimum absolute atomic E-state index is 0.0134. The second-order valence-electron chi connectivity index (χ2n) is 20.5. The van der Waals surface area contributed by atoms with E-state index in [4.69, 9.17) is 0 Å². The zero-order valence-electron chi connectivity index (χ0n) is 45.4. The van der Waals surface area contributed by atoms with Crippen LogP contribution in [-0.2, 0) is 33.6 Å². The van der Waals surface area contributed by atoms with Crippen molar-refractivity contribution in [1.29, 1.82) is 0 Å². The first-order valence-corrected chi connectivity index (χ1v) is 26.6. The van der Waals surface area contributed by atoms with Gasteiger partial charge in [-0.25, -0.2) is 8.78 Å². The van der Waals surface area contributed by atoms with Crippen LogP contribution in [0.25, 0.3) is 0 Å². The summed E-state index contributed by atoms with van der Waals surface area (Å²) < 4.78 is 25.1. The standard InChI is InChI=1S/2C20H26N4O3.C18H20F2N4O/c2*1-13(12-25)16-6-4-15(5-7-16)9-20(27)21-17-10-24(11-18(17)26)19-8-3-14(2)22-23-19;1-13-2-7-16(22-21-13)23-8-10-24(11-9-23)17(25)12-14-3-5-15(6-4-14)18(19)20/h2*3-8,13,17-18,25-26H,9-12H2,1-2H3,(H,21,27);2-7,18H,8-12H2,1H3/t13?,17-,18+;13?,17-,18-;/m00./s1. The average molecular weight is 1090 g/mol. The molecule has 9 rings (SSSR count). The molecule has 3 saturated heterocycles. The number of aryl methyl sites for hydroxylation is 3. The van der Waals surface area contributed by atoms with Crippen LogP contribution in [-0.4, -0.2) is 164 Å². The van der Waals surface area contributed by atoms with Crippen LogP contribution in [0.1, 0.15) is 82.6 Å². The van der Waals surface area contributed by atoms with Gasteiger partial charge < -0.3 is 50.7 Å². The molecule has 6 atom stereocenters. The average Bonchev–Trinajstić information content (AvgIpc) is 4.01. The highest BCUT2D eigenvalue weighted by molar-refractivity contribution is 5.80. The van der Waals surface area contributed by atoms with Crippen molar-refractivity contribution in [2.75, 3.05) is 80.3 Å². The Bertz CT molecular complexity index is 2730. The van der Waals surface area contributed by atoms with Crippen LogP contribution in [0.5, 0.6) is 0 Å². The maximum atomic E-state index is 12.6. The zero-order chi connectivity index (χ0) is 56.6. The summed E-state index contributed by atoms with van der Waals surface area (Å²) in [6, 6.07) is 32.0. The number of hydrogen-bond donors (Lipinski definition) is 6. The van der Waals surface area contributed by atoms with Crippen molar-refractivity contribution < 1.29 is 43.6 Å². The van der Waals surface area contributed by atoms with E-state index >= 15 is 0 Å². The van der Waals surface area contributed by atoms with E-state index in [1.54, 1.807) is 17.0 Å². The van der Waals surface area contributed by atoms with E-state index in [2.05, 4.69) is 46.1 Å². The molecule has 6 heterocycles. The highest BCUT2D eigenvalue weighted by Crippen LogP contribution is 2.23. The summed E-state index contributed by atoms with van der Waals surface area (Å²) in [5, 5.41) is 69.4. The molecule has 0 saturated carbocycles. The lowest BCUT2D eigenvalue weighted by Gasteiger charge is -2.35. The Labute approximate surface area is 459 Å². The Balaban J connectivity index is 0.000000172. The number of anilines is 3. The smallest absolute Gasteiger partial charge is 0.263 e. The van der Waals surface area contributed by atoms with Gasteiger partial charge in [-0.2, -0.15) is 15.3 Å². The second-order valence-corrected chi connectivity index (χ2v) is 20.5. The van der Waals surface area contributed by atoms with Crippen LogP contribution in [0, 0.1) is 20.8 Å². The number of aliphatic hydroxyl groups excluding tert-OH is 4. The summed E-state index contributed by atoms with van der Waals surface area (Å²) in [5.74, 6) is 2.14. The number of nitrogens with one attached hydrogen (secondary N) is 2. The predicted octanol–water partition coefficient (Wildman–Crippen LogP) is 4.19. The molecule has 79 heavy (non-hydrogen) atoms. The number of halogens is 2. The summed E-state index contributed by atoms with van der Waals surface area (Å²) in [6.07, 6.45) is -3.05. The van der Waals surface area contributed by atoms with Gasteiger partial charge in [0.1, 0.15) is 0 Å². The van der Waals surface area contributed by atoms with Crippen molar-refractivity contribution in [3.8, 4) is 0 Å². The number of alkyl halides is 2. The molecule has 3 aliphatic rings. The quantitative estimate of drug-likeness (QED) is 0.0796. The van der Waals surface area contributed by atoms with Crippen molar-refractivity contribution in [3.05, 3.63) is 160 Å². The van der Waals surface area contributed by atoms with Gasteiger partial charge >= 0.3 is 0 Å². The summed E-state index contributed by atoms with van der Waals surface area (Å²) in [5.41, 5.74) is 7.15.